The maximum absolute atomic E-state index is 5.41. The maximum atomic E-state index is 5.41. The number of hydrogen-bond donors (Lipinski definition) is 0. The predicted octanol–water partition coefficient (Wildman–Crippen LogP) is 3.32. The van der Waals surface area contributed by atoms with Crippen LogP contribution in [-0.2, 0) is 6.42 Å². The van der Waals surface area contributed by atoms with E-state index in [1.807, 2.05) is 11.4 Å². The molecule has 68 valence electrons. The highest BCUT2D eigenvalue weighted by Crippen LogP contribution is 2.18. The Morgan fingerprint density at radius 2 is 1.93 bits per heavy atom. The van der Waals surface area contributed by atoms with Gasteiger partial charge in [-0.2, -0.15) is 0 Å². The Labute approximate surface area is 88.2 Å². The quantitative estimate of drug-likeness (QED) is 0.649. The first kappa shape index (κ1) is 9.05. The lowest BCUT2D eigenvalue weighted by atomic mass is 10.1. The minimum atomic E-state index is 0.934. The van der Waals surface area contributed by atoms with Gasteiger partial charge in [-0.25, -0.2) is 0 Å². The van der Waals surface area contributed by atoms with Gasteiger partial charge in [-0.1, -0.05) is 36.3 Å². The number of benzene rings is 1. The molecule has 1 aromatic heterocycles. The summed E-state index contributed by atoms with van der Waals surface area (Å²) in [4.78, 5) is 1.05. The summed E-state index contributed by atoms with van der Waals surface area (Å²) in [5.74, 6) is 2.71. The van der Waals surface area contributed by atoms with E-state index < -0.39 is 0 Å². The summed E-state index contributed by atoms with van der Waals surface area (Å²) in [7, 11) is 0. The molecule has 2 rings (SSSR count). The van der Waals surface area contributed by atoms with Crippen molar-refractivity contribution in [1.82, 2.24) is 0 Å². The van der Waals surface area contributed by atoms with Crippen LogP contribution < -0.4 is 0 Å². The zero-order valence-electron chi connectivity index (χ0n) is 7.73. The highest BCUT2D eigenvalue weighted by atomic mass is 32.1. The molecular weight excluding hydrogens is 188 g/mol. The molecular formula is C13H10S. The van der Waals surface area contributed by atoms with Crippen LogP contribution in [0.25, 0.3) is 0 Å². The van der Waals surface area contributed by atoms with Crippen molar-refractivity contribution >= 4 is 11.3 Å². The Hall–Kier alpha value is -1.52. The number of hydrogen-bond acceptors (Lipinski definition) is 1. The minimum absolute atomic E-state index is 0.934. The molecule has 0 aliphatic heterocycles. The molecule has 0 unspecified atom stereocenters. The van der Waals surface area contributed by atoms with Gasteiger partial charge in [0.05, 0.1) is 4.88 Å². The van der Waals surface area contributed by atoms with E-state index in [1.165, 1.54) is 11.1 Å². The largest absolute Gasteiger partial charge is 0.135 e. The fourth-order valence-corrected chi connectivity index (χ4v) is 2.15. The van der Waals surface area contributed by atoms with E-state index in [4.69, 9.17) is 6.42 Å². The number of terminal acetylenes is 1. The van der Waals surface area contributed by atoms with Crippen LogP contribution in [0.1, 0.15) is 16.0 Å². The van der Waals surface area contributed by atoms with Gasteiger partial charge in [0.1, 0.15) is 0 Å². The summed E-state index contributed by atoms with van der Waals surface area (Å²) in [5, 5.41) is 2.05. The SMILES string of the molecule is C#Cc1sccc1Cc1ccccc1. The summed E-state index contributed by atoms with van der Waals surface area (Å²) in [6, 6.07) is 12.5. The van der Waals surface area contributed by atoms with Gasteiger partial charge in [-0.05, 0) is 29.0 Å². The molecule has 1 aromatic carbocycles. The zero-order chi connectivity index (χ0) is 9.80. The smallest absolute Gasteiger partial charge is 0.0801 e. The van der Waals surface area contributed by atoms with Gasteiger partial charge in [0, 0.05) is 0 Å². The Kier molecular flexibility index (Phi) is 2.67. The summed E-state index contributed by atoms with van der Waals surface area (Å²) in [5.41, 5.74) is 2.56. The standard InChI is InChI=1S/C13H10S/c1-2-13-12(8-9-14-13)10-11-6-4-3-5-7-11/h1,3-9H,10H2. The Balaban J connectivity index is 2.24. The van der Waals surface area contributed by atoms with Gasteiger partial charge >= 0.3 is 0 Å². The average Bonchev–Trinajstić information content (AvgIpc) is 2.67. The monoisotopic (exact) mass is 198 g/mol. The lowest BCUT2D eigenvalue weighted by Crippen LogP contribution is -1.86. The predicted molar refractivity (Wildman–Crippen MR) is 61.5 cm³/mol. The Bertz CT molecular complexity index is 446. The van der Waals surface area contributed by atoms with Crippen LogP contribution in [-0.4, -0.2) is 0 Å². The van der Waals surface area contributed by atoms with Crippen molar-refractivity contribution in [2.45, 2.75) is 6.42 Å². The second-order valence-corrected chi connectivity index (χ2v) is 4.00. The molecule has 0 nitrogen and oxygen atoms in total. The summed E-state index contributed by atoms with van der Waals surface area (Å²) < 4.78 is 0. The van der Waals surface area contributed by atoms with Crippen LogP contribution in [0.15, 0.2) is 41.8 Å². The van der Waals surface area contributed by atoms with E-state index in [1.54, 1.807) is 11.3 Å². The topological polar surface area (TPSA) is 0 Å². The third-order valence-electron chi connectivity index (χ3n) is 2.12. The van der Waals surface area contributed by atoms with Crippen molar-refractivity contribution in [2.24, 2.45) is 0 Å². The maximum Gasteiger partial charge on any atom is 0.0801 e. The van der Waals surface area contributed by atoms with Crippen molar-refractivity contribution < 1.29 is 0 Å². The average molecular weight is 198 g/mol. The van der Waals surface area contributed by atoms with E-state index in [0.29, 0.717) is 0 Å². The summed E-state index contributed by atoms with van der Waals surface area (Å²) >= 11 is 1.63. The minimum Gasteiger partial charge on any atom is -0.135 e. The van der Waals surface area contributed by atoms with E-state index in [9.17, 15) is 0 Å². The first-order chi connectivity index (χ1) is 6.90. The number of thiophene rings is 1. The highest BCUT2D eigenvalue weighted by Gasteiger charge is 2.01. The van der Waals surface area contributed by atoms with Crippen LogP contribution in [0.3, 0.4) is 0 Å². The van der Waals surface area contributed by atoms with Crippen LogP contribution in [0, 0.1) is 12.3 Å². The molecule has 1 heterocycles. The van der Waals surface area contributed by atoms with E-state index in [2.05, 4.69) is 36.3 Å². The highest BCUT2D eigenvalue weighted by molar-refractivity contribution is 7.10. The van der Waals surface area contributed by atoms with E-state index in [-0.39, 0.29) is 0 Å². The second kappa shape index (κ2) is 4.13. The van der Waals surface area contributed by atoms with Crippen LogP contribution >= 0.6 is 11.3 Å². The fraction of sp³-hybridized carbons (Fsp3) is 0.0769. The van der Waals surface area contributed by atoms with Gasteiger partial charge in [0.15, 0.2) is 0 Å². The van der Waals surface area contributed by atoms with Crippen molar-refractivity contribution in [2.75, 3.05) is 0 Å². The third kappa shape index (κ3) is 1.86. The first-order valence-electron chi connectivity index (χ1n) is 4.47. The second-order valence-electron chi connectivity index (χ2n) is 3.08. The lowest BCUT2D eigenvalue weighted by Gasteiger charge is -1.99. The van der Waals surface area contributed by atoms with Crippen LogP contribution in [0.2, 0.25) is 0 Å². The molecule has 0 bridgehead atoms. The molecule has 2 aromatic rings. The molecule has 1 heteroatoms. The van der Waals surface area contributed by atoms with Crippen LogP contribution in [0.5, 0.6) is 0 Å². The zero-order valence-corrected chi connectivity index (χ0v) is 8.55. The molecule has 0 saturated carbocycles. The molecule has 0 N–H and O–H groups in total. The lowest BCUT2D eigenvalue weighted by molar-refractivity contribution is 1.20. The molecule has 0 radical (unpaired) electrons. The molecule has 0 saturated heterocycles. The summed E-state index contributed by atoms with van der Waals surface area (Å²) in [6.07, 6.45) is 6.34. The van der Waals surface area contributed by atoms with Crippen molar-refractivity contribution in [3.8, 4) is 12.3 Å². The molecule has 0 aliphatic carbocycles. The van der Waals surface area contributed by atoms with Gasteiger partial charge in [0.25, 0.3) is 0 Å². The van der Waals surface area contributed by atoms with E-state index >= 15 is 0 Å². The normalized spacial score (nSPS) is 9.64. The Morgan fingerprint density at radius 3 is 2.64 bits per heavy atom. The van der Waals surface area contributed by atoms with Gasteiger partial charge in [0.2, 0.25) is 0 Å². The molecule has 14 heavy (non-hydrogen) atoms. The molecule has 0 amide bonds. The van der Waals surface area contributed by atoms with Gasteiger partial charge in [-0.15, -0.1) is 17.8 Å². The van der Waals surface area contributed by atoms with Crippen molar-refractivity contribution in [3.05, 3.63) is 57.8 Å². The van der Waals surface area contributed by atoms with Gasteiger partial charge < -0.3 is 0 Å². The van der Waals surface area contributed by atoms with Crippen LogP contribution in [0.4, 0.5) is 0 Å². The molecule has 0 spiro atoms. The first-order valence-corrected chi connectivity index (χ1v) is 5.35. The number of rotatable bonds is 2. The fourth-order valence-electron chi connectivity index (χ4n) is 1.42. The molecule has 0 atom stereocenters. The third-order valence-corrected chi connectivity index (χ3v) is 3.00. The molecule has 0 fully saturated rings. The van der Waals surface area contributed by atoms with E-state index in [0.717, 1.165) is 11.3 Å². The van der Waals surface area contributed by atoms with Crippen molar-refractivity contribution in [3.63, 3.8) is 0 Å². The van der Waals surface area contributed by atoms with Gasteiger partial charge in [-0.3, -0.25) is 0 Å². The Morgan fingerprint density at radius 1 is 1.14 bits per heavy atom. The van der Waals surface area contributed by atoms with Crippen molar-refractivity contribution in [1.29, 1.82) is 0 Å². The summed E-state index contributed by atoms with van der Waals surface area (Å²) in [6.45, 7) is 0. The molecule has 0 aliphatic rings.